The molecule has 1 aromatic carbocycles. The molecule has 1 aliphatic heterocycles. The topological polar surface area (TPSA) is 63.2 Å². The van der Waals surface area contributed by atoms with E-state index in [1.165, 1.54) is 12.1 Å². The number of carbonyl (C=O) groups is 1. The van der Waals surface area contributed by atoms with Gasteiger partial charge in [-0.15, -0.1) is 0 Å². The minimum Gasteiger partial charge on any atom is -1.00 e. The number of benzene rings is 1. The van der Waals surface area contributed by atoms with Crippen LogP contribution in [0.2, 0.25) is 0 Å². The van der Waals surface area contributed by atoms with E-state index in [0.29, 0.717) is 0 Å². The second-order valence-corrected chi connectivity index (χ2v) is 4.08. The van der Waals surface area contributed by atoms with E-state index in [1.807, 2.05) is 4.72 Å². The van der Waals surface area contributed by atoms with E-state index < -0.39 is 15.9 Å². The number of nitrogens with one attached hydrogen (secondary N) is 1. The predicted molar refractivity (Wildman–Crippen MR) is 49.1 cm³/mol. The van der Waals surface area contributed by atoms with Crippen LogP contribution in [0.25, 0.3) is 0 Å². The summed E-state index contributed by atoms with van der Waals surface area (Å²) in [6.07, 6.45) is 0. The molecule has 1 N–H and O–H groups in total. The zero-order valence-corrected chi connectivity index (χ0v) is 10.9. The van der Waals surface area contributed by atoms with Crippen molar-refractivity contribution in [3.63, 3.8) is 0 Å². The van der Waals surface area contributed by atoms with Gasteiger partial charge in [0, 0.05) is 0 Å². The fraction of sp³-hybridized carbons (Fsp3) is 0. The third-order valence-corrected chi connectivity index (χ3v) is 3.04. The van der Waals surface area contributed by atoms with E-state index in [-0.39, 0.29) is 58.8 Å². The first-order chi connectivity index (χ1) is 5.61. The number of sulfonamides is 1. The van der Waals surface area contributed by atoms with Crippen LogP contribution in [0, 0.1) is 0 Å². The summed E-state index contributed by atoms with van der Waals surface area (Å²) in [5.74, 6) is -0.550. The Morgan fingerprint density at radius 2 is 1.85 bits per heavy atom. The predicted octanol–water partition coefficient (Wildman–Crippen LogP) is -0.0371. The van der Waals surface area contributed by atoms with Gasteiger partial charge in [-0.3, -0.25) is 4.79 Å². The quantitative estimate of drug-likeness (QED) is 0.675. The van der Waals surface area contributed by atoms with Crippen molar-refractivity contribution >= 4 is 61.4 Å². The molecule has 6 heteroatoms. The molecule has 0 saturated heterocycles. The molecule has 0 aromatic heterocycles. The molecule has 0 bridgehead atoms. The maximum absolute atomic E-state index is 11.1. The molecule has 0 unspecified atom stereocenters. The number of amides is 1. The van der Waals surface area contributed by atoms with Crippen molar-refractivity contribution in [1.82, 2.24) is 4.72 Å². The van der Waals surface area contributed by atoms with Crippen LogP contribution in [-0.4, -0.2) is 59.8 Å². The number of rotatable bonds is 0. The van der Waals surface area contributed by atoms with Gasteiger partial charge in [-0.05, 0) is 12.1 Å². The molecule has 0 radical (unpaired) electrons. The molecule has 4 nitrogen and oxygen atoms in total. The van der Waals surface area contributed by atoms with Crippen molar-refractivity contribution in [3.8, 4) is 0 Å². The number of fused-ring (bicyclic) bond motifs is 1. The molecule has 0 fully saturated rings. The first-order valence-electron chi connectivity index (χ1n) is 3.27. The van der Waals surface area contributed by atoms with E-state index in [1.54, 1.807) is 12.1 Å². The van der Waals surface area contributed by atoms with E-state index >= 15 is 0 Å². The smallest absolute Gasteiger partial charge is 1.00 e. The number of hydrogen-bond donors (Lipinski definition) is 1. The molecule has 0 aliphatic carbocycles. The van der Waals surface area contributed by atoms with E-state index in [0.717, 1.165) is 0 Å². The molecule has 66 valence electrons. The molecule has 1 aromatic rings. The largest absolute Gasteiger partial charge is 2.00 e. The van der Waals surface area contributed by atoms with Crippen LogP contribution in [0.3, 0.4) is 0 Å². The fourth-order valence-electron chi connectivity index (χ4n) is 1.12. The summed E-state index contributed by atoms with van der Waals surface area (Å²) in [6, 6.07) is 6.09. The molecule has 1 amide bonds. The van der Waals surface area contributed by atoms with Gasteiger partial charge in [0.25, 0.3) is 15.9 Å². The molecular formula is C7H7NO3SSr. The van der Waals surface area contributed by atoms with Crippen molar-refractivity contribution in [2.75, 3.05) is 0 Å². The van der Waals surface area contributed by atoms with Crippen molar-refractivity contribution in [2.24, 2.45) is 0 Å². The van der Waals surface area contributed by atoms with Gasteiger partial charge in [0.1, 0.15) is 4.90 Å². The SMILES string of the molecule is O=C1NS(=O)(=O)c2ccccc21.[H-].[H-].[Sr+2]. The average molecular weight is 273 g/mol. The van der Waals surface area contributed by atoms with E-state index in [4.69, 9.17) is 0 Å². The molecule has 13 heavy (non-hydrogen) atoms. The third-order valence-electron chi connectivity index (χ3n) is 1.65. The summed E-state index contributed by atoms with van der Waals surface area (Å²) in [5, 5.41) is 0. The molecular weight excluding hydrogens is 266 g/mol. The Morgan fingerprint density at radius 1 is 1.23 bits per heavy atom. The Morgan fingerprint density at radius 3 is 2.46 bits per heavy atom. The monoisotopic (exact) mass is 273 g/mol. The minimum atomic E-state index is -3.55. The first-order valence-corrected chi connectivity index (χ1v) is 4.76. The van der Waals surface area contributed by atoms with Crippen molar-refractivity contribution < 1.29 is 16.1 Å². The van der Waals surface area contributed by atoms with Crippen LogP contribution < -0.4 is 4.72 Å². The molecule has 0 saturated carbocycles. The Labute approximate surface area is 116 Å². The molecule has 0 atom stereocenters. The summed E-state index contributed by atoms with van der Waals surface area (Å²) in [6.45, 7) is 0. The van der Waals surface area contributed by atoms with Gasteiger partial charge in [-0.2, -0.15) is 0 Å². The summed E-state index contributed by atoms with van der Waals surface area (Å²) in [7, 11) is -3.55. The van der Waals surface area contributed by atoms with Gasteiger partial charge < -0.3 is 2.85 Å². The molecule has 2 rings (SSSR count). The van der Waals surface area contributed by atoms with Gasteiger partial charge in [-0.1, -0.05) is 12.1 Å². The Bertz CT molecular complexity index is 463. The standard InChI is InChI=1S/C7H5NO3S.Sr.2H/c9-7-5-3-1-2-4-6(5)12(10,11)8-7;;;/h1-4H,(H,8,9);;;/q;+2;2*-1. The Balaban J connectivity index is 0. The van der Waals surface area contributed by atoms with Gasteiger partial charge in [0.2, 0.25) is 0 Å². The van der Waals surface area contributed by atoms with Crippen molar-refractivity contribution in [2.45, 2.75) is 4.90 Å². The normalized spacial score (nSPS) is 17.1. The zero-order valence-electron chi connectivity index (χ0n) is 8.65. The van der Waals surface area contributed by atoms with Crippen LogP contribution in [0.4, 0.5) is 0 Å². The number of hydrogen-bond acceptors (Lipinski definition) is 3. The van der Waals surface area contributed by atoms with Crippen LogP contribution in [0.15, 0.2) is 29.2 Å². The Hall–Kier alpha value is 0.121. The van der Waals surface area contributed by atoms with Gasteiger partial charge in [-0.25, -0.2) is 13.1 Å². The average Bonchev–Trinajstić information content (AvgIpc) is 2.25. The fourth-order valence-corrected chi connectivity index (χ4v) is 2.29. The van der Waals surface area contributed by atoms with Crippen molar-refractivity contribution in [3.05, 3.63) is 29.8 Å². The van der Waals surface area contributed by atoms with Crippen LogP contribution >= 0.6 is 0 Å². The van der Waals surface area contributed by atoms with E-state index in [2.05, 4.69) is 0 Å². The number of carbonyl (C=O) groups excluding carboxylic acids is 1. The van der Waals surface area contributed by atoms with Gasteiger partial charge >= 0.3 is 45.5 Å². The van der Waals surface area contributed by atoms with E-state index in [9.17, 15) is 13.2 Å². The second-order valence-electron chi connectivity index (χ2n) is 2.43. The van der Waals surface area contributed by atoms with Crippen molar-refractivity contribution in [1.29, 1.82) is 0 Å². The van der Waals surface area contributed by atoms with Crippen LogP contribution in [0.1, 0.15) is 13.2 Å². The Kier molecular flexibility index (Phi) is 3.19. The summed E-state index contributed by atoms with van der Waals surface area (Å²) >= 11 is 0. The van der Waals surface area contributed by atoms with Gasteiger partial charge in [0.15, 0.2) is 0 Å². The third kappa shape index (κ3) is 1.82. The minimum absolute atomic E-state index is 0. The molecule has 0 spiro atoms. The summed E-state index contributed by atoms with van der Waals surface area (Å²) < 4.78 is 24.2. The maximum Gasteiger partial charge on any atom is 2.00 e. The van der Waals surface area contributed by atoms with Crippen LogP contribution in [0.5, 0.6) is 0 Å². The summed E-state index contributed by atoms with van der Waals surface area (Å²) in [5.41, 5.74) is 0.220. The van der Waals surface area contributed by atoms with Gasteiger partial charge in [0.05, 0.1) is 5.56 Å². The zero-order chi connectivity index (χ0) is 8.77. The molecule has 1 heterocycles. The summed E-state index contributed by atoms with van der Waals surface area (Å²) in [4.78, 5) is 11.1. The first kappa shape index (κ1) is 11.2. The molecule has 1 aliphatic rings. The van der Waals surface area contributed by atoms with Crippen LogP contribution in [-0.2, 0) is 10.0 Å². The second kappa shape index (κ2) is 3.70. The maximum atomic E-state index is 11.1.